The summed E-state index contributed by atoms with van der Waals surface area (Å²) in [5.74, 6) is 2.94. The standard InChI is InChI=1S/C24H14/c1-2-22-23-14-18-9-5-3-7-16(18)11-20(23)13-21-12-17-8-4-6-10-19(17)15-24(21)22/h1,3-15H. The lowest BCUT2D eigenvalue weighted by molar-refractivity contribution is 1.76. The highest BCUT2D eigenvalue weighted by molar-refractivity contribution is 6.12. The Morgan fingerprint density at radius 3 is 1.29 bits per heavy atom. The molecule has 0 unspecified atom stereocenters. The van der Waals surface area contributed by atoms with E-state index in [4.69, 9.17) is 6.42 Å². The summed E-state index contributed by atoms with van der Waals surface area (Å²) in [5.41, 5.74) is 0.985. The van der Waals surface area contributed by atoms with Crippen LogP contribution >= 0.6 is 0 Å². The Kier molecular flexibility index (Phi) is 2.66. The Labute approximate surface area is 140 Å². The minimum absolute atomic E-state index is 0.985. The molecule has 0 bridgehead atoms. The van der Waals surface area contributed by atoms with Crippen LogP contribution < -0.4 is 0 Å². The Hall–Kier alpha value is -3.30. The van der Waals surface area contributed by atoms with E-state index < -0.39 is 0 Å². The van der Waals surface area contributed by atoms with Gasteiger partial charge in [-0.3, -0.25) is 0 Å². The first-order chi connectivity index (χ1) is 11.8. The van der Waals surface area contributed by atoms with Gasteiger partial charge in [-0.25, -0.2) is 0 Å². The topological polar surface area (TPSA) is 0 Å². The monoisotopic (exact) mass is 302 g/mol. The number of terminal acetylenes is 1. The third kappa shape index (κ3) is 1.82. The summed E-state index contributed by atoms with van der Waals surface area (Å²) in [6.07, 6.45) is 5.92. The summed E-state index contributed by atoms with van der Waals surface area (Å²) in [6, 6.07) is 28.0. The third-order valence-electron chi connectivity index (χ3n) is 4.83. The van der Waals surface area contributed by atoms with Crippen LogP contribution in [0, 0.1) is 12.3 Å². The number of hydrogen-bond acceptors (Lipinski definition) is 0. The lowest BCUT2D eigenvalue weighted by atomic mass is 9.93. The van der Waals surface area contributed by atoms with Gasteiger partial charge < -0.3 is 0 Å². The molecule has 0 aliphatic carbocycles. The van der Waals surface area contributed by atoms with Crippen LogP contribution in [0.2, 0.25) is 0 Å². The maximum atomic E-state index is 5.92. The van der Waals surface area contributed by atoms with E-state index in [1.54, 1.807) is 0 Å². The van der Waals surface area contributed by atoms with Crippen molar-refractivity contribution in [3.8, 4) is 12.3 Å². The molecule has 0 nitrogen and oxygen atoms in total. The fourth-order valence-corrected chi connectivity index (χ4v) is 3.66. The number of rotatable bonds is 0. The molecule has 0 aromatic heterocycles. The maximum absolute atomic E-state index is 5.92. The van der Waals surface area contributed by atoms with Crippen LogP contribution in [0.5, 0.6) is 0 Å². The largest absolute Gasteiger partial charge is 0.115 e. The average molecular weight is 302 g/mol. The van der Waals surface area contributed by atoms with Crippen molar-refractivity contribution in [3.05, 3.63) is 84.4 Å². The predicted molar refractivity (Wildman–Crippen MR) is 104 cm³/mol. The summed E-state index contributed by atoms with van der Waals surface area (Å²) in [7, 11) is 0. The molecule has 0 N–H and O–H groups in total. The van der Waals surface area contributed by atoms with Crippen LogP contribution in [-0.4, -0.2) is 0 Å². The highest BCUT2D eigenvalue weighted by atomic mass is 14.1. The molecule has 5 aromatic carbocycles. The summed E-state index contributed by atoms with van der Waals surface area (Å²) >= 11 is 0. The van der Waals surface area contributed by atoms with Gasteiger partial charge in [-0.2, -0.15) is 0 Å². The molecule has 0 aliphatic heterocycles. The molecule has 0 saturated carbocycles. The highest BCUT2D eigenvalue weighted by Gasteiger charge is 2.08. The fraction of sp³-hybridized carbons (Fsp3) is 0. The van der Waals surface area contributed by atoms with Crippen LogP contribution in [0.3, 0.4) is 0 Å². The maximum Gasteiger partial charge on any atom is 0.0399 e. The van der Waals surface area contributed by atoms with E-state index in [1.807, 2.05) is 0 Å². The van der Waals surface area contributed by atoms with Gasteiger partial charge in [-0.1, -0.05) is 54.5 Å². The predicted octanol–water partition coefficient (Wildman–Crippen LogP) is 6.28. The van der Waals surface area contributed by atoms with Crippen molar-refractivity contribution in [1.82, 2.24) is 0 Å². The second-order valence-electron chi connectivity index (χ2n) is 6.24. The Balaban J connectivity index is 2.02. The molecule has 0 aliphatic rings. The second-order valence-corrected chi connectivity index (χ2v) is 6.24. The van der Waals surface area contributed by atoms with E-state index in [0.29, 0.717) is 0 Å². The Bertz CT molecular complexity index is 1210. The Morgan fingerprint density at radius 2 is 0.875 bits per heavy atom. The van der Waals surface area contributed by atoms with Crippen molar-refractivity contribution in [1.29, 1.82) is 0 Å². The first-order valence-corrected chi connectivity index (χ1v) is 8.08. The normalized spacial score (nSPS) is 11.3. The van der Waals surface area contributed by atoms with Crippen LogP contribution in [0.15, 0.2) is 78.9 Å². The van der Waals surface area contributed by atoms with Gasteiger partial charge in [-0.05, 0) is 73.4 Å². The van der Waals surface area contributed by atoms with E-state index in [-0.39, 0.29) is 0 Å². The highest BCUT2D eigenvalue weighted by Crippen LogP contribution is 2.33. The van der Waals surface area contributed by atoms with Crippen molar-refractivity contribution in [2.45, 2.75) is 0 Å². The lowest BCUT2D eigenvalue weighted by Crippen LogP contribution is -1.86. The summed E-state index contributed by atoms with van der Waals surface area (Å²) < 4.78 is 0. The molecule has 0 atom stereocenters. The summed E-state index contributed by atoms with van der Waals surface area (Å²) in [4.78, 5) is 0. The molecule has 110 valence electrons. The molecular weight excluding hydrogens is 288 g/mol. The molecule has 5 aromatic rings. The van der Waals surface area contributed by atoms with Crippen LogP contribution in [0.4, 0.5) is 0 Å². The molecule has 5 rings (SSSR count). The van der Waals surface area contributed by atoms with Crippen molar-refractivity contribution in [2.24, 2.45) is 0 Å². The van der Waals surface area contributed by atoms with Gasteiger partial charge in [-0.15, -0.1) is 6.42 Å². The molecule has 0 fully saturated rings. The molecule has 0 spiro atoms. The van der Waals surface area contributed by atoms with Crippen molar-refractivity contribution in [3.63, 3.8) is 0 Å². The number of fused-ring (bicyclic) bond motifs is 4. The zero-order chi connectivity index (χ0) is 16.1. The second kappa shape index (κ2) is 4.85. The Morgan fingerprint density at radius 1 is 0.500 bits per heavy atom. The molecule has 0 heterocycles. The summed E-state index contributed by atoms with van der Waals surface area (Å²) in [5, 5.41) is 9.64. The van der Waals surface area contributed by atoms with Crippen LogP contribution in [0.1, 0.15) is 5.56 Å². The first-order valence-electron chi connectivity index (χ1n) is 8.08. The lowest BCUT2D eigenvalue weighted by Gasteiger charge is -2.10. The SMILES string of the molecule is C#Cc1c2cc3ccccc3cc2cc2cc3ccccc3cc12. The molecule has 0 saturated heterocycles. The average Bonchev–Trinajstić information content (AvgIpc) is 2.63. The third-order valence-corrected chi connectivity index (χ3v) is 4.83. The molecule has 0 radical (unpaired) electrons. The van der Waals surface area contributed by atoms with Gasteiger partial charge in [0, 0.05) is 5.56 Å². The molecule has 0 amide bonds. The van der Waals surface area contributed by atoms with E-state index in [1.165, 1.54) is 32.3 Å². The number of hydrogen-bond donors (Lipinski definition) is 0. The summed E-state index contributed by atoms with van der Waals surface area (Å²) in [6.45, 7) is 0. The van der Waals surface area contributed by atoms with E-state index in [0.717, 1.165) is 16.3 Å². The zero-order valence-electron chi connectivity index (χ0n) is 13.1. The number of benzene rings is 5. The van der Waals surface area contributed by atoms with Gasteiger partial charge in [0.05, 0.1) is 0 Å². The minimum Gasteiger partial charge on any atom is -0.115 e. The smallest absolute Gasteiger partial charge is 0.0399 e. The molecular formula is C24H14. The molecule has 24 heavy (non-hydrogen) atoms. The van der Waals surface area contributed by atoms with Gasteiger partial charge in [0.1, 0.15) is 0 Å². The van der Waals surface area contributed by atoms with Gasteiger partial charge in [0.15, 0.2) is 0 Å². The van der Waals surface area contributed by atoms with Crippen molar-refractivity contribution >= 4 is 43.1 Å². The molecule has 0 heteroatoms. The van der Waals surface area contributed by atoms with E-state index >= 15 is 0 Å². The van der Waals surface area contributed by atoms with Crippen LogP contribution in [0.25, 0.3) is 43.1 Å². The quantitative estimate of drug-likeness (QED) is 0.233. The fourth-order valence-electron chi connectivity index (χ4n) is 3.66. The van der Waals surface area contributed by atoms with Crippen molar-refractivity contribution in [2.75, 3.05) is 0 Å². The van der Waals surface area contributed by atoms with Gasteiger partial charge >= 0.3 is 0 Å². The van der Waals surface area contributed by atoms with Crippen LogP contribution in [-0.2, 0) is 0 Å². The van der Waals surface area contributed by atoms with Gasteiger partial charge in [0.2, 0.25) is 0 Å². The van der Waals surface area contributed by atoms with Gasteiger partial charge in [0.25, 0.3) is 0 Å². The van der Waals surface area contributed by atoms with E-state index in [9.17, 15) is 0 Å². The first kappa shape index (κ1) is 13.2. The van der Waals surface area contributed by atoms with Crippen molar-refractivity contribution < 1.29 is 0 Å². The zero-order valence-corrected chi connectivity index (χ0v) is 13.1. The van der Waals surface area contributed by atoms with E-state index in [2.05, 4.69) is 84.8 Å². The minimum atomic E-state index is 0.985.